The summed E-state index contributed by atoms with van der Waals surface area (Å²) in [5, 5.41) is 11.9. The Hall–Kier alpha value is -4.65. The lowest BCUT2D eigenvalue weighted by Crippen LogP contribution is -2.28. The van der Waals surface area contributed by atoms with Crippen LogP contribution < -0.4 is 9.47 Å². The molecule has 5 aromatic rings. The number of ketones is 1. The Morgan fingerprint density at radius 1 is 0.886 bits per heavy atom. The highest BCUT2D eigenvalue weighted by Crippen LogP contribution is 2.37. The van der Waals surface area contributed by atoms with E-state index in [1.165, 1.54) is 0 Å². The van der Waals surface area contributed by atoms with Crippen LogP contribution in [0.15, 0.2) is 78.9 Å². The predicted molar refractivity (Wildman–Crippen MR) is 174 cm³/mol. The van der Waals surface area contributed by atoms with Crippen LogP contribution in [0.4, 0.5) is 0 Å². The largest absolute Gasteiger partial charge is 0.497 e. The van der Waals surface area contributed by atoms with E-state index in [0.29, 0.717) is 30.0 Å². The van der Waals surface area contributed by atoms with E-state index in [0.717, 1.165) is 38.8 Å². The molecule has 0 spiro atoms. The maximum Gasteiger partial charge on any atom is 0.309 e. The van der Waals surface area contributed by atoms with Crippen LogP contribution >= 0.6 is 0 Å². The summed E-state index contributed by atoms with van der Waals surface area (Å²) in [6, 6.07) is 25.5. The molecule has 0 bridgehead atoms. The Kier molecular flexibility index (Phi) is 8.51. The van der Waals surface area contributed by atoms with Gasteiger partial charge >= 0.3 is 5.97 Å². The number of nitrogens with zero attached hydrogens (tertiary/aromatic N) is 2. The van der Waals surface area contributed by atoms with Gasteiger partial charge in [-0.1, -0.05) is 57.2 Å². The van der Waals surface area contributed by atoms with Crippen LogP contribution in [0.25, 0.3) is 21.8 Å². The molecule has 0 amide bonds. The first kappa shape index (κ1) is 30.8. The first-order valence-electron chi connectivity index (χ1n) is 14.9. The van der Waals surface area contributed by atoms with E-state index >= 15 is 0 Å². The Bertz CT molecular complexity index is 1830. The number of hydrogen-bond acceptors (Lipinski definition) is 5. The van der Waals surface area contributed by atoms with Crippen LogP contribution in [0.1, 0.15) is 68.3 Å². The van der Waals surface area contributed by atoms with Gasteiger partial charge in [-0.05, 0) is 67.3 Å². The van der Waals surface area contributed by atoms with Crippen molar-refractivity contribution in [2.45, 2.75) is 60.6 Å². The molecular weight excluding hydrogens is 552 g/mol. The lowest BCUT2D eigenvalue weighted by atomic mass is 9.83. The van der Waals surface area contributed by atoms with Gasteiger partial charge in [0.05, 0.1) is 23.7 Å². The molecule has 7 heteroatoms. The molecule has 0 saturated carbocycles. The molecule has 0 unspecified atom stereocenters. The molecule has 0 saturated heterocycles. The third kappa shape index (κ3) is 6.77. The average Bonchev–Trinajstić information content (AvgIpc) is 3.26. The first-order valence-corrected chi connectivity index (χ1v) is 14.9. The number of carboxylic acid groups (broad SMARTS) is 1. The summed E-state index contributed by atoms with van der Waals surface area (Å²) in [6.45, 7) is 10.2. The van der Waals surface area contributed by atoms with Gasteiger partial charge in [-0.15, -0.1) is 0 Å². The Labute approximate surface area is 258 Å². The van der Waals surface area contributed by atoms with Crippen molar-refractivity contribution in [3.63, 3.8) is 0 Å². The number of fused-ring (bicyclic) bond motifs is 2. The van der Waals surface area contributed by atoms with E-state index in [-0.39, 0.29) is 24.2 Å². The fourth-order valence-electron chi connectivity index (χ4n) is 5.48. The van der Waals surface area contributed by atoms with Gasteiger partial charge in [0.2, 0.25) is 0 Å². The molecule has 2 heterocycles. The van der Waals surface area contributed by atoms with E-state index in [9.17, 15) is 14.7 Å². The zero-order chi connectivity index (χ0) is 31.6. The number of rotatable bonds is 11. The number of aromatic nitrogens is 2. The predicted octanol–water partition coefficient (Wildman–Crippen LogP) is 8.10. The summed E-state index contributed by atoms with van der Waals surface area (Å²) >= 11 is 0. The molecule has 5 rings (SSSR count). The van der Waals surface area contributed by atoms with Crippen molar-refractivity contribution in [1.82, 2.24) is 9.55 Å². The third-order valence-electron chi connectivity index (χ3n) is 7.84. The molecule has 7 nitrogen and oxygen atoms in total. The molecule has 0 atom stereocenters. The zero-order valence-corrected chi connectivity index (χ0v) is 26.3. The standard InChI is InChI=1S/C37H40N2O5/c1-36(2,3)21-33(40)34-29-19-28(44-23-26-14-13-25-9-7-8-10-30(25)38-26)17-18-31(29)39(32(34)20-37(4,5)35(41)42)22-24-11-15-27(43-6)16-12-24/h7-19H,20-23H2,1-6H3,(H,41,42). The van der Waals surface area contributed by atoms with Crippen molar-refractivity contribution in [2.75, 3.05) is 7.11 Å². The highest BCUT2D eigenvalue weighted by Gasteiger charge is 2.34. The molecule has 44 heavy (non-hydrogen) atoms. The Morgan fingerprint density at radius 2 is 1.59 bits per heavy atom. The fourth-order valence-corrected chi connectivity index (χ4v) is 5.48. The molecule has 2 aromatic heterocycles. The van der Waals surface area contributed by atoms with Crippen LogP contribution in [0, 0.1) is 10.8 Å². The topological polar surface area (TPSA) is 90.7 Å². The van der Waals surface area contributed by atoms with Crippen LogP contribution in [0.3, 0.4) is 0 Å². The number of carbonyl (C=O) groups is 2. The number of hydrogen-bond donors (Lipinski definition) is 1. The summed E-state index contributed by atoms with van der Waals surface area (Å²) in [7, 11) is 1.63. The lowest BCUT2D eigenvalue weighted by Gasteiger charge is -2.23. The second-order valence-corrected chi connectivity index (χ2v) is 13.2. The van der Waals surface area contributed by atoms with Crippen LogP contribution in [-0.4, -0.2) is 33.5 Å². The van der Waals surface area contributed by atoms with E-state index in [1.807, 2.05) is 99.6 Å². The minimum atomic E-state index is -1.09. The summed E-state index contributed by atoms with van der Waals surface area (Å²) in [5.41, 5.74) is 3.49. The lowest BCUT2D eigenvalue weighted by molar-refractivity contribution is -0.146. The van der Waals surface area contributed by atoms with Gasteiger partial charge in [0.25, 0.3) is 0 Å². The van der Waals surface area contributed by atoms with E-state index < -0.39 is 11.4 Å². The zero-order valence-electron chi connectivity index (χ0n) is 26.3. The van der Waals surface area contributed by atoms with E-state index in [4.69, 9.17) is 14.5 Å². The SMILES string of the molecule is COc1ccc(Cn2c(CC(C)(C)C(=O)O)c(C(=O)CC(C)(C)C)c3cc(OCc4ccc5ccccc5n4)ccc32)cc1. The van der Waals surface area contributed by atoms with Gasteiger partial charge in [0.15, 0.2) is 5.78 Å². The summed E-state index contributed by atoms with van der Waals surface area (Å²) < 4.78 is 13.7. The van der Waals surface area contributed by atoms with Crippen LogP contribution in [-0.2, 0) is 24.4 Å². The number of carboxylic acids is 1. The molecule has 0 aliphatic carbocycles. The van der Waals surface area contributed by atoms with Crippen molar-refractivity contribution in [3.05, 3.63) is 101 Å². The van der Waals surface area contributed by atoms with Gasteiger partial charge in [0, 0.05) is 46.9 Å². The number of benzene rings is 3. The maximum atomic E-state index is 14.1. The minimum Gasteiger partial charge on any atom is -0.497 e. The second kappa shape index (κ2) is 12.2. The number of methoxy groups -OCH3 is 1. The smallest absolute Gasteiger partial charge is 0.309 e. The number of pyridine rings is 1. The number of carbonyl (C=O) groups excluding carboxylic acids is 1. The quantitative estimate of drug-likeness (QED) is 0.156. The number of Topliss-reactive ketones (excluding diaryl/α,β-unsaturated/α-hetero) is 1. The first-order chi connectivity index (χ1) is 20.8. The Balaban J connectivity index is 1.61. The highest BCUT2D eigenvalue weighted by atomic mass is 16.5. The molecule has 0 radical (unpaired) electrons. The molecule has 1 N–H and O–H groups in total. The van der Waals surface area contributed by atoms with Gasteiger partial charge < -0.3 is 19.1 Å². The van der Waals surface area contributed by atoms with Crippen molar-refractivity contribution in [2.24, 2.45) is 10.8 Å². The van der Waals surface area contributed by atoms with E-state index in [1.54, 1.807) is 21.0 Å². The normalized spacial score (nSPS) is 12.0. The molecule has 3 aromatic carbocycles. The van der Waals surface area contributed by atoms with Crippen molar-refractivity contribution in [3.8, 4) is 11.5 Å². The van der Waals surface area contributed by atoms with Crippen LogP contribution in [0.2, 0.25) is 0 Å². The van der Waals surface area contributed by atoms with Gasteiger partial charge in [-0.25, -0.2) is 4.98 Å². The minimum absolute atomic E-state index is 0.0134. The van der Waals surface area contributed by atoms with Gasteiger partial charge in [-0.3, -0.25) is 9.59 Å². The maximum absolute atomic E-state index is 14.1. The fraction of sp³-hybridized carbons (Fsp3) is 0.324. The second-order valence-electron chi connectivity index (χ2n) is 13.2. The molecule has 0 aliphatic rings. The number of ether oxygens (including phenoxy) is 2. The monoisotopic (exact) mass is 592 g/mol. The molecular formula is C37H40N2O5. The number of para-hydroxylation sites is 1. The van der Waals surface area contributed by atoms with E-state index in [2.05, 4.69) is 4.57 Å². The summed E-state index contributed by atoms with van der Waals surface area (Å²) in [4.78, 5) is 31.1. The van der Waals surface area contributed by atoms with Gasteiger partial charge in [0.1, 0.15) is 18.1 Å². The average molecular weight is 593 g/mol. The highest BCUT2D eigenvalue weighted by molar-refractivity contribution is 6.10. The molecule has 228 valence electrons. The summed E-state index contributed by atoms with van der Waals surface area (Å²) in [5.74, 6) is 0.436. The van der Waals surface area contributed by atoms with Gasteiger partial charge in [-0.2, -0.15) is 0 Å². The summed E-state index contributed by atoms with van der Waals surface area (Å²) in [6.07, 6.45) is 0.511. The molecule has 0 fully saturated rings. The van der Waals surface area contributed by atoms with Crippen molar-refractivity contribution < 1.29 is 24.2 Å². The number of aliphatic carboxylic acids is 1. The van der Waals surface area contributed by atoms with Crippen LogP contribution in [0.5, 0.6) is 11.5 Å². The molecule has 0 aliphatic heterocycles. The van der Waals surface area contributed by atoms with Crippen molar-refractivity contribution >= 4 is 33.6 Å². The van der Waals surface area contributed by atoms with Crippen molar-refractivity contribution in [1.29, 1.82) is 0 Å². The third-order valence-corrected chi connectivity index (χ3v) is 7.84. The Morgan fingerprint density at radius 3 is 2.27 bits per heavy atom.